The summed E-state index contributed by atoms with van der Waals surface area (Å²) in [6, 6.07) is 32.3. The van der Waals surface area contributed by atoms with E-state index in [2.05, 4.69) is 10.6 Å². The van der Waals surface area contributed by atoms with Crippen LogP contribution in [0.2, 0.25) is 0 Å². The van der Waals surface area contributed by atoms with Crippen molar-refractivity contribution < 1.29 is 74.6 Å². The zero-order valence-corrected chi connectivity index (χ0v) is 48.9. The molecule has 454 valence electrons. The van der Waals surface area contributed by atoms with Crippen molar-refractivity contribution in [1.29, 1.82) is 0 Å². The average molecular weight is 1210 g/mol. The molecule has 0 aromatic heterocycles. The summed E-state index contributed by atoms with van der Waals surface area (Å²) < 4.78 is 89.9. The Hall–Kier alpha value is -7.59. The molecule has 2 fully saturated rings. The number of hydrogen-bond acceptors (Lipinski definition) is 18. The molecule has 4 unspecified atom stereocenters. The number of benzene rings is 5. The number of carbonyl (C=O) groups is 3. The lowest BCUT2D eigenvalue weighted by Gasteiger charge is -2.32. The van der Waals surface area contributed by atoms with E-state index >= 15 is 0 Å². The van der Waals surface area contributed by atoms with Crippen LogP contribution in [0.3, 0.4) is 0 Å². The number of ether oxygens (including phenoxy) is 6. The number of alkyl carbamates (subject to hydrolysis) is 2. The van der Waals surface area contributed by atoms with Gasteiger partial charge in [-0.15, -0.1) is 0 Å². The lowest BCUT2D eigenvalue weighted by molar-refractivity contribution is -0.385. The lowest BCUT2D eigenvalue weighted by Crippen LogP contribution is -2.53. The maximum Gasteiger partial charge on any atom is 0.514 e. The summed E-state index contributed by atoms with van der Waals surface area (Å²) >= 11 is 0. The van der Waals surface area contributed by atoms with E-state index in [4.69, 9.17) is 28.4 Å². The van der Waals surface area contributed by atoms with Crippen LogP contribution in [0.4, 0.5) is 25.8 Å². The van der Waals surface area contributed by atoms with Crippen molar-refractivity contribution in [1.82, 2.24) is 19.2 Å². The van der Waals surface area contributed by atoms with Crippen LogP contribution in [-0.2, 0) is 56.6 Å². The number of nitrogens with zero attached hydrogens (tertiary/aromatic N) is 4. The van der Waals surface area contributed by atoms with Gasteiger partial charge < -0.3 is 44.2 Å². The lowest BCUT2D eigenvalue weighted by atomic mass is 10.0. The summed E-state index contributed by atoms with van der Waals surface area (Å²) in [5.74, 6) is -0.0335. The quantitative estimate of drug-likeness (QED) is 0.0155. The minimum Gasteiger partial charge on any atom is -0.444 e. The second kappa shape index (κ2) is 31.3. The highest BCUT2D eigenvalue weighted by atomic mass is 32.2. The number of rotatable bonds is 26. The monoisotopic (exact) mass is 1200 g/mol. The van der Waals surface area contributed by atoms with Crippen LogP contribution in [0, 0.1) is 39.0 Å². The molecule has 2 saturated heterocycles. The van der Waals surface area contributed by atoms with Gasteiger partial charge in [-0.05, 0) is 79.1 Å². The van der Waals surface area contributed by atoms with Gasteiger partial charge in [-0.2, -0.15) is 8.61 Å². The van der Waals surface area contributed by atoms with Crippen molar-refractivity contribution >= 4 is 49.8 Å². The highest BCUT2D eigenvalue weighted by molar-refractivity contribution is 7.89. The molecule has 5 aromatic rings. The van der Waals surface area contributed by atoms with Gasteiger partial charge in [-0.3, -0.25) is 20.2 Å². The summed E-state index contributed by atoms with van der Waals surface area (Å²) in [4.78, 5) is 59.6. The number of aliphatic hydroxyl groups is 1. The highest BCUT2D eigenvalue weighted by Gasteiger charge is 2.37. The summed E-state index contributed by atoms with van der Waals surface area (Å²) in [5.41, 5.74) is 2.06. The molecule has 2 aliphatic rings. The van der Waals surface area contributed by atoms with E-state index in [1.165, 1.54) is 12.1 Å². The molecular weight excluding hydrogens is 1130 g/mol. The van der Waals surface area contributed by atoms with Gasteiger partial charge in [0.15, 0.2) is 0 Å². The third-order valence-electron chi connectivity index (χ3n) is 13.2. The molecule has 2 amide bonds. The van der Waals surface area contributed by atoms with E-state index in [1.807, 2.05) is 95.3 Å². The SMILES string of the molecule is CC(C)CN(CC(O)[C@H](Cc1ccccc1)NC(=O)OC1CCOC1)S(=O)(=O)c1ccc([N+](=O)[O-])cc1.Cc1ccc(OC(=O)OC(CN(CC(C)C)S(=O)(=O)c2ccc([N+](=O)[O-])cc2)[C@H](Cc2ccccc2)NC(=O)OC2CCOC2)cc1. The van der Waals surface area contributed by atoms with Crippen molar-refractivity contribution in [3.63, 3.8) is 0 Å². The van der Waals surface area contributed by atoms with Crippen molar-refractivity contribution in [2.24, 2.45) is 11.8 Å². The van der Waals surface area contributed by atoms with Crippen molar-refractivity contribution in [2.75, 3.05) is 52.6 Å². The normalized spacial score (nSPS) is 16.6. The molecule has 2 aliphatic heterocycles. The van der Waals surface area contributed by atoms with Crippen molar-refractivity contribution in [2.45, 2.75) is 107 Å². The molecule has 0 bridgehead atoms. The Morgan fingerprint density at radius 3 is 1.43 bits per heavy atom. The zero-order chi connectivity index (χ0) is 61.0. The summed E-state index contributed by atoms with van der Waals surface area (Å²) in [7, 11) is -8.37. The topological polar surface area (TPSA) is 312 Å². The third-order valence-corrected chi connectivity index (χ3v) is 16.9. The summed E-state index contributed by atoms with van der Waals surface area (Å²) in [5, 5.41) is 38.9. The summed E-state index contributed by atoms with van der Waals surface area (Å²) in [6.07, 6.45) is -4.51. The first-order valence-corrected chi connectivity index (χ1v) is 30.1. The Labute approximate surface area is 488 Å². The average Bonchev–Trinajstić information content (AvgIpc) is 3.59. The van der Waals surface area contributed by atoms with Crippen molar-refractivity contribution in [3.8, 4) is 5.75 Å². The predicted molar refractivity (Wildman–Crippen MR) is 307 cm³/mol. The number of aryl methyl sites for hydroxylation is 1. The Kier molecular flexibility index (Phi) is 24.5. The number of non-ortho nitro benzene ring substituents is 2. The minimum absolute atomic E-state index is 0.00804. The molecule has 26 heteroatoms. The van der Waals surface area contributed by atoms with E-state index in [1.54, 1.807) is 24.3 Å². The van der Waals surface area contributed by atoms with Crippen LogP contribution in [0.5, 0.6) is 5.75 Å². The van der Waals surface area contributed by atoms with E-state index in [0.29, 0.717) is 32.7 Å². The van der Waals surface area contributed by atoms with Gasteiger partial charge in [-0.25, -0.2) is 31.2 Å². The number of nitro benzene ring substituents is 2. The number of carbonyl (C=O) groups excluding carboxylic acids is 3. The highest BCUT2D eigenvalue weighted by Crippen LogP contribution is 2.26. The predicted octanol–water partition coefficient (Wildman–Crippen LogP) is 7.99. The fourth-order valence-corrected chi connectivity index (χ4v) is 12.2. The van der Waals surface area contributed by atoms with Crippen LogP contribution in [0.25, 0.3) is 0 Å². The third kappa shape index (κ3) is 20.3. The maximum absolute atomic E-state index is 14.0. The second-order valence-electron chi connectivity index (χ2n) is 21.0. The number of aliphatic hydroxyl groups excluding tert-OH is 1. The van der Waals surface area contributed by atoms with Gasteiger partial charge in [0.05, 0.1) is 70.8 Å². The maximum atomic E-state index is 14.0. The largest absolute Gasteiger partial charge is 0.514 e. The first-order chi connectivity index (χ1) is 40.0. The van der Waals surface area contributed by atoms with Crippen molar-refractivity contribution in [3.05, 3.63) is 170 Å². The van der Waals surface area contributed by atoms with E-state index in [0.717, 1.165) is 61.7 Å². The molecular formula is C58H72N6O18S2. The first kappa shape index (κ1) is 65.6. The van der Waals surface area contributed by atoms with Gasteiger partial charge in [0.2, 0.25) is 20.0 Å². The van der Waals surface area contributed by atoms with Gasteiger partial charge in [0.25, 0.3) is 11.4 Å². The standard InChI is InChI=1S/C33H39N3O10S.C25H33N3O8S/c1-23(2)20-35(47(41,42)29-15-11-26(12-16-29)36(39)40)21-31(46-33(38)45-27-13-9-24(3)10-14-27)30(19-25-7-5-4-6-8-25)34-32(37)44-28-17-18-43-22-28;1-18(2)15-27(37(33,34)22-10-8-20(9-11-22)28(31)32)16-24(29)23(14-19-6-4-3-5-7-19)26-25(30)36-21-12-13-35-17-21/h4-16,23,28,30-31H,17-22H2,1-3H3,(H,34,37);3-11,18,21,23-24,29H,12-17H2,1-2H3,(H,26,30)/t28?,30-,31?;21?,23-,24?/m00/s1. The van der Waals surface area contributed by atoms with Crippen LogP contribution >= 0.6 is 0 Å². The summed E-state index contributed by atoms with van der Waals surface area (Å²) in [6.45, 7) is 10.1. The Morgan fingerprint density at radius 1 is 0.607 bits per heavy atom. The molecule has 5 aromatic carbocycles. The Balaban J connectivity index is 0.000000277. The number of amides is 2. The Bertz CT molecular complexity index is 3150. The number of nitro groups is 2. The molecule has 3 N–H and O–H groups in total. The van der Waals surface area contributed by atoms with E-state index in [-0.39, 0.29) is 90.5 Å². The first-order valence-electron chi connectivity index (χ1n) is 27.3. The number of sulfonamides is 2. The molecule has 24 nitrogen and oxygen atoms in total. The zero-order valence-electron chi connectivity index (χ0n) is 47.3. The smallest absolute Gasteiger partial charge is 0.444 e. The second-order valence-corrected chi connectivity index (χ2v) is 24.9. The molecule has 0 spiro atoms. The van der Waals surface area contributed by atoms with Gasteiger partial charge >= 0.3 is 18.3 Å². The van der Waals surface area contributed by atoms with Gasteiger partial charge in [0, 0.05) is 56.7 Å². The van der Waals surface area contributed by atoms with Crippen LogP contribution in [-0.4, -0.2) is 148 Å². The van der Waals surface area contributed by atoms with Crippen LogP contribution in [0.15, 0.2) is 143 Å². The molecule has 6 atom stereocenters. The van der Waals surface area contributed by atoms with Crippen LogP contribution in [0.1, 0.15) is 57.2 Å². The van der Waals surface area contributed by atoms with Gasteiger partial charge in [-0.1, -0.05) is 106 Å². The van der Waals surface area contributed by atoms with Gasteiger partial charge in [0.1, 0.15) is 24.1 Å². The Morgan fingerprint density at radius 2 is 1.02 bits per heavy atom. The molecule has 84 heavy (non-hydrogen) atoms. The van der Waals surface area contributed by atoms with E-state index in [9.17, 15) is 56.6 Å². The fraction of sp³-hybridized carbons (Fsp3) is 0.431. The molecule has 2 heterocycles. The van der Waals surface area contributed by atoms with Crippen LogP contribution < -0.4 is 15.4 Å². The van der Waals surface area contributed by atoms with E-state index < -0.39 is 78.6 Å². The minimum atomic E-state index is -4.27. The number of nitrogens with one attached hydrogen (secondary N) is 2. The number of hydrogen-bond donors (Lipinski definition) is 3. The molecule has 0 aliphatic carbocycles. The molecule has 0 saturated carbocycles. The fourth-order valence-electron chi connectivity index (χ4n) is 8.95. The molecule has 7 rings (SSSR count). The molecule has 0 radical (unpaired) electrons.